The Bertz CT molecular complexity index is 668. The van der Waals surface area contributed by atoms with Crippen LogP contribution in [0.4, 0.5) is 0 Å². The first-order chi connectivity index (χ1) is 8.79. The zero-order valence-corrected chi connectivity index (χ0v) is 11.1. The lowest BCUT2D eigenvalue weighted by molar-refractivity contribution is 0.959. The smallest absolute Gasteiger partial charge is 0.150 e. The first kappa shape index (κ1) is 11.4. The molecule has 3 nitrogen and oxygen atoms in total. The Hall–Kier alpha value is -1.65. The predicted molar refractivity (Wildman–Crippen MR) is 76.8 cm³/mol. The summed E-state index contributed by atoms with van der Waals surface area (Å²) in [7, 11) is 2.06. The molecule has 0 aliphatic heterocycles. The van der Waals surface area contributed by atoms with E-state index in [0.29, 0.717) is 6.54 Å². The molecule has 0 aliphatic rings. The van der Waals surface area contributed by atoms with E-state index >= 15 is 0 Å². The summed E-state index contributed by atoms with van der Waals surface area (Å²) in [5.41, 5.74) is 9.06. The average molecular weight is 257 g/mol. The van der Waals surface area contributed by atoms with Crippen LogP contribution in [-0.4, -0.2) is 16.1 Å². The number of rotatable bonds is 3. The van der Waals surface area contributed by atoms with E-state index in [-0.39, 0.29) is 0 Å². The van der Waals surface area contributed by atoms with Crippen LogP contribution >= 0.6 is 11.3 Å². The maximum atomic E-state index is 5.59. The summed E-state index contributed by atoms with van der Waals surface area (Å²) in [5, 5.41) is 2.08. The lowest BCUT2D eigenvalue weighted by Crippen LogP contribution is -2.02. The van der Waals surface area contributed by atoms with Gasteiger partial charge in [-0.2, -0.15) is 0 Å². The Kier molecular flexibility index (Phi) is 2.89. The van der Waals surface area contributed by atoms with Gasteiger partial charge in [-0.25, -0.2) is 4.98 Å². The summed E-state index contributed by atoms with van der Waals surface area (Å²) in [4.78, 5) is 5.93. The number of benzene rings is 1. The molecule has 0 radical (unpaired) electrons. The minimum atomic E-state index is 0.677. The third-order valence-corrected chi connectivity index (χ3v) is 3.99. The number of hydrogen-bond acceptors (Lipinski definition) is 3. The number of nitrogens with two attached hydrogens (primary N) is 1. The minimum Gasteiger partial charge on any atom is -0.330 e. The highest BCUT2D eigenvalue weighted by atomic mass is 32.1. The number of aromatic nitrogens is 2. The molecule has 0 spiro atoms. The second kappa shape index (κ2) is 4.55. The van der Waals surface area contributed by atoms with Crippen LogP contribution in [0.25, 0.3) is 21.7 Å². The van der Waals surface area contributed by atoms with Gasteiger partial charge in [-0.05, 0) is 42.1 Å². The highest BCUT2D eigenvalue weighted by molar-refractivity contribution is 7.13. The van der Waals surface area contributed by atoms with Crippen molar-refractivity contribution >= 4 is 22.4 Å². The zero-order valence-electron chi connectivity index (χ0n) is 10.3. The molecule has 0 fully saturated rings. The van der Waals surface area contributed by atoms with E-state index in [2.05, 4.69) is 47.3 Å². The molecule has 3 aromatic rings. The summed E-state index contributed by atoms with van der Waals surface area (Å²) in [6.07, 6.45) is 0.904. The van der Waals surface area contributed by atoms with Crippen LogP contribution in [0.2, 0.25) is 0 Å². The van der Waals surface area contributed by atoms with Crippen molar-refractivity contribution in [2.24, 2.45) is 12.8 Å². The van der Waals surface area contributed by atoms with E-state index in [1.165, 1.54) is 16.0 Å². The van der Waals surface area contributed by atoms with Crippen molar-refractivity contribution in [1.82, 2.24) is 9.55 Å². The molecule has 0 saturated carbocycles. The van der Waals surface area contributed by atoms with Crippen LogP contribution in [-0.2, 0) is 13.5 Å². The maximum absolute atomic E-state index is 5.59. The highest BCUT2D eigenvalue weighted by Crippen LogP contribution is 2.27. The topological polar surface area (TPSA) is 43.8 Å². The second-order valence-electron chi connectivity index (χ2n) is 4.33. The Morgan fingerprint density at radius 3 is 2.94 bits per heavy atom. The molecule has 0 aliphatic carbocycles. The molecule has 1 aromatic carbocycles. The van der Waals surface area contributed by atoms with Crippen LogP contribution in [0.15, 0.2) is 35.7 Å². The van der Waals surface area contributed by atoms with Crippen molar-refractivity contribution in [2.45, 2.75) is 6.42 Å². The van der Waals surface area contributed by atoms with E-state index in [4.69, 9.17) is 10.7 Å². The summed E-state index contributed by atoms with van der Waals surface area (Å²) < 4.78 is 2.15. The summed E-state index contributed by atoms with van der Waals surface area (Å²) in [6.45, 7) is 0.677. The van der Waals surface area contributed by atoms with Gasteiger partial charge in [0.05, 0.1) is 15.9 Å². The molecule has 3 rings (SSSR count). The standard InChI is InChI=1S/C14H15N3S/c1-17-12-5-4-10(6-7-15)9-11(12)16-14(17)13-3-2-8-18-13/h2-5,8-9H,6-7,15H2,1H3. The molecule has 0 atom stereocenters. The van der Waals surface area contributed by atoms with Gasteiger partial charge in [-0.1, -0.05) is 12.1 Å². The fourth-order valence-electron chi connectivity index (χ4n) is 2.19. The maximum Gasteiger partial charge on any atom is 0.150 e. The van der Waals surface area contributed by atoms with Crippen molar-refractivity contribution in [3.63, 3.8) is 0 Å². The van der Waals surface area contributed by atoms with Gasteiger partial charge >= 0.3 is 0 Å². The molecular formula is C14H15N3S. The molecule has 92 valence electrons. The minimum absolute atomic E-state index is 0.677. The molecule has 4 heteroatoms. The lowest BCUT2D eigenvalue weighted by Gasteiger charge is -2.00. The van der Waals surface area contributed by atoms with Gasteiger partial charge in [0.25, 0.3) is 0 Å². The van der Waals surface area contributed by atoms with Crippen molar-refractivity contribution < 1.29 is 0 Å². The summed E-state index contributed by atoms with van der Waals surface area (Å²) in [6, 6.07) is 10.6. The first-order valence-electron chi connectivity index (χ1n) is 5.99. The molecule has 0 saturated heterocycles. The van der Waals surface area contributed by atoms with E-state index in [1.54, 1.807) is 11.3 Å². The van der Waals surface area contributed by atoms with Crippen LogP contribution in [0.5, 0.6) is 0 Å². The molecule has 0 bridgehead atoms. The van der Waals surface area contributed by atoms with Gasteiger partial charge < -0.3 is 10.3 Å². The predicted octanol–water partition coefficient (Wildman–Crippen LogP) is 2.80. The largest absolute Gasteiger partial charge is 0.330 e. The molecular weight excluding hydrogens is 242 g/mol. The number of imidazole rings is 1. The number of fused-ring (bicyclic) bond motifs is 1. The summed E-state index contributed by atoms with van der Waals surface area (Å²) >= 11 is 1.72. The van der Waals surface area contributed by atoms with Gasteiger partial charge in [-0.15, -0.1) is 11.3 Å². The van der Waals surface area contributed by atoms with Crippen LogP contribution in [0.3, 0.4) is 0 Å². The molecule has 0 unspecified atom stereocenters. The quantitative estimate of drug-likeness (QED) is 0.784. The van der Waals surface area contributed by atoms with Gasteiger partial charge in [0.2, 0.25) is 0 Å². The van der Waals surface area contributed by atoms with E-state index in [1.807, 2.05) is 0 Å². The van der Waals surface area contributed by atoms with Crippen molar-refractivity contribution in [1.29, 1.82) is 0 Å². The van der Waals surface area contributed by atoms with Crippen LogP contribution in [0, 0.1) is 0 Å². The molecule has 0 amide bonds. The van der Waals surface area contributed by atoms with Crippen molar-refractivity contribution in [3.05, 3.63) is 41.3 Å². The van der Waals surface area contributed by atoms with Crippen molar-refractivity contribution in [2.75, 3.05) is 6.54 Å². The van der Waals surface area contributed by atoms with E-state index in [0.717, 1.165) is 17.8 Å². The molecule has 2 heterocycles. The van der Waals surface area contributed by atoms with E-state index in [9.17, 15) is 0 Å². The number of hydrogen-bond donors (Lipinski definition) is 1. The summed E-state index contributed by atoms with van der Waals surface area (Å²) in [5.74, 6) is 1.03. The van der Waals surface area contributed by atoms with Crippen LogP contribution in [0.1, 0.15) is 5.56 Å². The molecule has 18 heavy (non-hydrogen) atoms. The number of thiophene rings is 1. The average Bonchev–Trinajstić information content (AvgIpc) is 2.98. The van der Waals surface area contributed by atoms with Gasteiger partial charge in [0.15, 0.2) is 5.82 Å². The van der Waals surface area contributed by atoms with Gasteiger partial charge in [-0.3, -0.25) is 0 Å². The lowest BCUT2D eigenvalue weighted by atomic mass is 10.1. The second-order valence-corrected chi connectivity index (χ2v) is 5.28. The Morgan fingerprint density at radius 2 is 2.22 bits per heavy atom. The fourth-order valence-corrected chi connectivity index (χ4v) is 2.94. The molecule has 2 aromatic heterocycles. The monoisotopic (exact) mass is 257 g/mol. The first-order valence-corrected chi connectivity index (χ1v) is 6.87. The highest BCUT2D eigenvalue weighted by Gasteiger charge is 2.10. The number of nitrogens with zero attached hydrogens (tertiary/aromatic N) is 2. The SMILES string of the molecule is Cn1c(-c2cccs2)nc2cc(CCN)ccc21. The van der Waals surface area contributed by atoms with Crippen LogP contribution < -0.4 is 5.73 Å². The van der Waals surface area contributed by atoms with E-state index < -0.39 is 0 Å². The normalized spacial score (nSPS) is 11.2. The zero-order chi connectivity index (χ0) is 12.5. The fraction of sp³-hybridized carbons (Fsp3) is 0.214. The Balaban J connectivity index is 2.15. The number of aryl methyl sites for hydroxylation is 1. The molecule has 2 N–H and O–H groups in total. The van der Waals surface area contributed by atoms with Gasteiger partial charge in [0.1, 0.15) is 0 Å². The van der Waals surface area contributed by atoms with Crippen molar-refractivity contribution in [3.8, 4) is 10.7 Å². The third-order valence-electron chi connectivity index (χ3n) is 3.12. The Labute approximate surface area is 110 Å². The van der Waals surface area contributed by atoms with Gasteiger partial charge in [0, 0.05) is 7.05 Å². The Morgan fingerprint density at radius 1 is 1.33 bits per heavy atom. The third kappa shape index (κ3) is 1.83.